The van der Waals surface area contributed by atoms with Crippen molar-refractivity contribution < 1.29 is 9.59 Å². The van der Waals surface area contributed by atoms with Gasteiger partial charge in [0, 0.05) is 11.1 Å². The van der Waals surface area contributed by atoms with Gasteiger partial charge in [-0.15, -0.1) is 11.8 Å². The minimum absolute atomic E-state index is 0.0455. The van der Waals surface area contributed by atoms with Gasteiger partial charge in [0.05, 0.1) is 35.1 Å². The number of aromatic nitrogens is 1. The van der Waals surface area contributed by atoms with Crippen molar-refractivity contribution >= 4 is 34.5 Å². The van der Waals surface area contributed by atoms with Crippen LogP contribution in [-0.4, -0.2) is 39.4 Å². The number of hydrogen-bond donors (Lipinski definition) is 1. The van der Waals surface area contributed by atoms with Crippen LogP contribution in [0.1, 0.15) is 16.1 Å². The molecule has 0 unspecified atom stereocenters. The molecule has 6 nitrogen and oxygen atoms in total. The minimum Gasteiger partial charge on any atom is -0.366 e. The van der Waals surface area contributed by atoms with Crippen molar-refractivity contribution in [1.29, 1.82) is 5.26 Å². The summed E-state index contributed by atoms with van der Waals surface area (Å²) in [7, 11) is 0. The van der Waals surface area contributed by atoms with E-state index in [1.165, 1.54) is 0 Å². The second-order valence-corrected chi connectivity index (χ2v) is 6.23. The van der Waals surface area contributed by atoms with E-state index >= 15 is 0 Å². The van der Waals surface area contributed by atoms with E-state index in [4.69, 9.17) is 11.0 Å². The zero-order valence-electron chi connectivity index (χ0n) is 12.2. The zero-order valence-corrected chi connectivity index (χ0v) is 13.0. The first-order valence-electron chi connectivity index (χ1n) is 7.05. The van der Waals surface area contributed by atoms with Crippen LogP contribution in [0.2, 0.25) is 0 Å². The van der Waals surface area contributed by atoms with Crippen molar-refractivity contribution in [2.45, 2.75) is 12.5 Å². The third-order valence-corrected chi connectivity index (χ3v) is 4.73. The van der Waals surface area contributed by atoms with E-state index in [-0.39, 0.29) is 12.3 Å². The lowest BCUT2D eigenvalue weighted by atomic mass is 10.1. The lowest BCUT2D eigenvalue weighted by Gasteiger charge is -2.18. The second kappa shape index (κ2) is 6.26. The summed E-state index contributed by atoms with van der Waals surface area (Å²) in [5, 5.41) is 9.74. The Kier molecular flexibility index (Phi) is 4.17. The van der Waals surface area contributed by atoms with Crippen molar-refractivity contribution in [2.75, 3.05) is 11.6 Å². The van der Waals surface area contributed by atoms with E-state index in [0.717, 1.165) is 0 Å². The van der Waals surface area contributed by atoms with Crippen molar-refractivity contribution in [1.82, 2.24) is 9.88 Å². The highest BCUT2D eigenvalue weighted by molar-refractivity contribution is 7.99. The molecule has 1 aliphatic heterocycles. The normalized spacial score (nSPS) is 17.2. The number of pyridine rings is 1. The fourth-order valence-corrected chi connectivity index (χ4v) is 3.68. The lowest BCUT2D eigenvalue weighted by Crippen LogP contribution is -2.36. The molecule has 23 heavy (non-hydrogen) atoms. The molecule has 7 heteroatoms. The first-order chi connectivity index (χ1) is 11.1. The van der Waals surface area contributed by atoms with Crippen LogP contribution in [0.15, 0.2) is 30.3 Å². The maximum Gasteiger partial charge on any atom is 0.249 e. The SMILES string of the molecule is N#C[C@@H]1CSCN1C(=O)Cc1cc(C(N)=O)c2ccccc2n1. The van der Waals surface area contributed by atoms with E-state index in [2.05, 4.69) is 11.1 Å². The summed E-state index contributed by atoms with van der Waals surface area (Å²) in [6.45, 7) is 0. The molecule has 1 saturated heterocycles. The number of carbonyl (C=O) groups is 2. The van der Waals surface area contributed by atoms with Crippen LogP contribution in [-0.2, 0) is 11.2 Å². The Bertz CT molecular complexity index is 830. The number of hydrogen-bond acceptors (Lipinski definition) is 5. The van der Waals surface area contributed by atoms with E-state index < -0.39 is 11.9 Å². The predicted molar refractivity (Wildman–Crippen MR) is 87.5 cm³/mol. The maximum atomic E-state index is 12.4. The summed E-state index contributed by atoms with van der Waals surface area (Å²) in [6, 6.07) is 10.5. The highest BCUT2D eigenvalue weighted by atomic mass is 32.2. The van der Waals surface area contributed by atoms with Crippen LogP contribution in [0.5, 0.6) is 0 Å². The smallest absolute Gasteiger partial charge is 0.249 e. The molecule has 2 amide bonds. The Balaban J connectivity index is 1.93. The maximum absolute atomic E-state index is 12.4. The molecule has 1 aromatic heterocycles. The Labute approximate surface area is 137 Å². The molecule has 0 radical (unpaired) electrons. The summed E-state index contributed by atoms with van der Waals surface area (Å²) in [5.74, 6) is 0.413. The Morgan fingerprint density at radius 3 is 2.96 bits per heavy atom. The standard InChI is InChI=1S/C16H14N4O2S/c17-7-11-8-23-9-20(11)15(21)6-10-5-13(16(18)22)12-3-1-2-4-14(12)19-10/h1-5,11H,6,8-9H2,(H2,18,22)/t11-/m1/s1. The second-order valence-electron chi connectivity index (χ2n) is 5.23. The molecule has 116 valence electrons. The van der Waals surface area contributed by atoms with Crippen molar-refractivity contribution in [3.05, 3.63) is 41.6 Å². The van der Waals surface area contributed by atoms with E-state index in [1.54, 1.807) is 40.9 Å². The van der Waals surface area contributed by atoms with Crippen LogP contribution in [0, 0.1) is 11.3 Å². The molecule has 0 bridgehead atoms. The monoisotopic (exact) mass is 326 g/mol. The number of carbonyl (C=O) groups excluding carboxylic acids is 2. The van der Waals surface area contributed by atoms with Crippen molar-refractivity contribution in [2.24, 2.45) is 5.73 Å². The van der Waals surface area contributed by atoms with Crippen LogP contribution in [0.3, 0.4) is 0 Å². The van der Waals surface area contributed by atoms with Gasteiger partial charge in [-0.25, -0.2) is 0 Å². The molecular weight excluding hydrogens is 312 g/mol. The largest absolute Gasteiger partial charge is 0.366 e. The number of rotatable bonds is 3. The Morgan fingerprint density at radius 1 is 1.43 bits per heavy atom. The van der Waals surface area contributed by atoms with Crippen LogP contribution in [0.25, 0.3) is 10.9 Å². The summed E-state index contributed by atoms with van der Waals surface area (Å²) in [4.78, 5) is 30.0. The summed E-state index contributed by atoms with van der Waals surface area (Å²) < 4.78 is 0. The first-order valence-corrected chi connectivity index (χ1v) is 8.21. The molecule has 1 atom stereocenters. The molecule has 0 aliphatic carbocycles. The number of nitrogens with zero attached hydrogens (tertiary/aromatic N) is 3. The third-order valence-electron chi connectivity index (χ3n) is 3.72. The molecule has 2 aromatic rings. The highest BCUT2D eigenvalue weighted by Gasteiger charge is 2.29. The van der Waals surface area contributed by atoms with Gasteiger partial charge >= 0.3 is 0 Å². The average Bonchev–Trinajstić information content (AvgIpc) is 3.02. The quantitative estimate of drug-likeness (QED) is 0.916. The Hall–Kier alpha value is -2.59. The fraction of sp³-hybridized carbons (Fsp3) is 0.250. The number of benzene rings is 1. The highest BCUT2D eigenvalue weighted by Crippen LogP contribution is 2.22. The number of fused-ring (bicyclic) bond motifs is 1. The topological polar surface area (TPSA) is 100 Å². The van der Waals surface area contributed by atoms with Crippen molar-refractivity contribution in [3.63, 3.8) is 0 Å². The van der Waals surface area contributed by atoms with Crippen LogP contribution in [0.4, 0.5) is 0 Å². The molecule has 0 saturated carbocycles. The number of nitrogens with two attached hydrogens (primary N) is 1. The summed E-state index contributed by atoms with van der Waals surface area (Å²) in [6.07, 6.45) is 0.0455. The molecule has 0 spiro atoms. The van der Waals surface area contributed by atoms with E-state index in [0.29, 0.717) is 33.8 Å². The molecule has 1 aliphatic rings. The number of primary amides is 1. The van der Waals surface area contributed by atoms with Gasteiger partial charge in [-0.3, -0.25) is 14.6 Å². The predicted octanol–water partition coefficient (Wildman–Crippen LogP) is 1.30. The minimum atomic E-state index is -0.552. The molecule has 3 rings (SSSR count). The third kappa shape index (κ3) is 2.98. The number of nitriles is 1. The lowest BCUT2D eigenvalue weighted by molar-refractivity contribution is -0.130. The first kappa shape index (κ1) is 15.3. The van der Waals surface area contributed by atoms with Gasteiger partial charge < -0.3 is 10.6 Å². The summed E-state index contributed by atoms with van der Waals surface area (Å²) >= 11 is 1.55. The molecular formula is C16H14N4O2S. The molecule has 2 N–H and O–H groups in total. The van der Waals surface area contributed by atoms with Gasteiger partial charge in [0.2, 0.25) is 11.8 Å². The van der Waals surface area contributed by atoms with Gasteiger partial charge in [-0.2, -0.15) is 5.26 Å². The number of para-hydroxylation sites is 1. The molecule has 1 aromatic carbocycles. The van der Waals surface area contributed by atoms with Crippen molar-refractivity contribution in [3.8, 4) is 6.07 Å². The van der Waals surface area contributed by atoms with E-state index in [9.17, 15) is 9.59 Å². The Morgan fingerprint density at radius 2 is 2.22 bits per heavy atom. The zero-order chi connectivity index (χ0) is 16.4. The number of thioether (sulfide) groups is 1. The van der Waals surface area contributed by atoms with Gasteiger partial charge in [-0.05, 0) is 12.1 Å². The summed E-state index contributed by atoms with van der Waals surface area (Å²) in [5.41, 5.74) is 6.90. The molecule has 1 fully saturated rings. The number of amides is 2. The van der Waals surface area contributed by atoms with Crippen LogP contribution < -0.4 is 5.73 Å². The van der Waals surface area contributed by atoms with Gasteiger partial charge in [0.25, 0.3) is 0 Å². The molecule has 2 heterocycles. The van der Waals surface area contributed by atoms with Gasteiger partial charge in [0.1, 0.15) is 6.04 Å². The average molecular weight is 326 g/mol. The fourth-order valence-electron chi connectivity index (χ4n) is 2.58. The van der Waals surface area contributed by atoms with Gasteiger partial charge in [-0.1, -0.05) is 18.2 Å². The van der Waals surface area contributed by atoms with E-state index in [1.807, 2.05) is 6.07 Å². The van der Waals surface area contributed by atoms with Crippen LogP contribution >= 0.6 is 11.8 Å². The van der Waals surface area contributed by atoms with Gasteiger partial charge in [0.15, 0.2) is 0 Å².